The third-order valence-corrected chi connectivity index (χ3v) is 5.70. The van der Waals surface area contributed by atoms with E-state index in [9.17, 15) is 9.59 Å². The van der Waals surface area contributed by atoms with Crippen molar-refractivity contribution in [3.8, 4) is 9.88 Å². The normalized spacial score (nSPS) is 10.8. The van der Waals surface area contributed by atoms with Gasteiger partial charge in [-0.1, -0.05) is 24.3 Å². The first-order chi connectivity index (χ1) is 12.7. The molecule has 0 aliphatic rings. The fourth-order valence-corrected chi connectivity index (χ4v) is 4.20. The summed E-state index contributed by atoms with van der Waals surface area (Å²) in [5, 5.41) is 5.55. The number of aromatic nitrogens is 2. The molecule has 2 amide bonds. The molecule has 1 aromatic carbocycles. The summed E-state index contributed by atoms with van der Waals surface area (Å²) >= 11 is 3.11. The summed E-state index contributed by atoms with van der Waals surface area (Å²) in [5.74, 6) is -0.686. The van der Waals surface area contributed by atoms with Crippen LogP contribution in [0.15, 0.2) is 53.4 Å². The molecule has 3 heterocycles. The van der Waals surface area contributed by atoms with E-state index in [0.29, 0.717) is 11.3 Å². The van der Waals surface area contributed by atoms with Crippen molar-refractivity contribution in [1.29, 1.82) is 0 Å². The highest BCUT2D eigenvalue weighted by atomic mass is 32.1. The van der Waals surface area contributed by atoms with Gasteiger partial charge in [0.25, 0.3) is 5.91 Å². The molecule has 130 valence electrons. The summed E-state index contributed by atoms with van der Waals surface area (Å²) in [5.41, 5.74) is 6.92. The quantitative estimate of drug-likeness (QED) is 0.473. The molecule has 0 radical (unpaired) electrons. The number of hydrazine groups is 1. The van der Waals surface area contributed by atoms with E-state index in [4.69, 9.17) is 0 Å². The number of carbonyl (C=O) groups is 2. The lowest BCUT2D eigenvalue weighted by Crippen LogP contribution is -2.42. The Kier molecular flexibility index (Phi) is 4.51. The van der Waals surface area contributed by atoms with Crippen LogP contribution in [0.1, 0.15) is 16.1 Å². The van der Waals surface area contributed by atoms with Crippen LogP contribution in [-0.4, -0.2) is 21.8 Å². The minimum absolute atomic E-state index is 0.107. The molecule has 0 saturated carbocycles. The predicted molar refractivity (Wildman–Crippen MR) is 103 cm³/mol. The number of carbonyl (C=O) groups excluding carboxylic acids is 2. The van der Waals surface area contributed by atoms with Crippen molar-refractivity contribution in [2.45, 2.75) is 6.42 Å². The largest absolute Gasteiger partial charge is 0.360 e. The molecule has 0 fully saturated rings. The van der Waals surface area contributed by atoms with Crippen LogP contribution in [0.3, 0.4) is 0 Å². The Labute approximate surface area is 156 Å². The fourth-order valence-electron chi connectivity index (χ4n) is 2.56. The van der Waals surface area contributed by atoms with Crippen molar-refractivity contribution in [3.05, 3.63) is 64.6 Å². The van der Waals surface area contributed by atoms with Crippen molar-refractivity contribution in [2.75, 3.05) is 0 Å². The summed E-state index contributed by atoms with van der Waals surface area (Å²) in [6.45, 7) is 0. The fraction of sp³-hybridized carbons (Fsp3) is 0.0556. The van der Waals surface area contributed by atoms with Crippen molar-refractivity contribution < 1.29 is 9.59 Å². The average Bonchev–Trinajstić information content (AvgIpc) is 3.39. The van der Waals surface area contributed by atoms with Gasteiger partial charge in [-0.25, -0.2) is 4.98 Å². The maximum atomic E-state index is 12.3. The number of hydrogen-bond donors (Lipinski definition) is 3. The van der Waals surface area contributed by atoms with Gasteiger partial charge in [0.2, 0.25) is 5.91 Å². The maximum Gasteiger partial charge on any atom is 0.271 e. The standard InChI is InChI=1S/C18H14N4O2S2/c23-16(8-11-10-26-18(20-11)15-6-3-7-25-15)21-22-17(24)13-9-19-14-5-2-1-4-12(13)14/h1-7,9-10,19H,8H2,(H,21,23)(H,22,24). The molecular weight excluding hydrogens is 368 g/mol. The molecule has 0 spiro atoms. The number of thiazole rings is 1. The number of amides is 2. The number of benzene rings is 1. The van der Waals surface area contributed by atoms with E-state index in [1.165, 1.54) is 11.3 Å². The minimum Gasteiger partial charge on any atom is -0.360 e. The second-order valence-corrected chi connectivity index (χ2v) is 7.35. The molecule has 4 rings (SSSR count). The zero-order chi connectivity index (χ0) is 17.9. The van der Waals surface area contributed by atoms with E-state index in [2.05, 4.69) is 20.8 Å². The Balaban J connectivity index is 1.36. The lowest BCUT2D eigenvalue weighted by atomic mass is 10.2. The van der Waals surface area contributed by atoms with Gasteiger partial charge in [-0.3, -0.25) is 20.4 Å². The van der Waals surface area contributed by atoms with Gasteiger partial charge in [0.1, 0.15) is 5.01 Å². The number of hydrogen-bond acceptors (Lipinski definition) is 5. The molecule has 6 nitrogen and oxygen atoms in total. The Morgan fingerprint density at radius 1 is 1.08 bits per heavy atom. The second kappa shape index (κ2) is 7.11. The van der Waals surface area contributed by atoms with Gasteiger partial charge >= 0.3 is 0 Å². The predicted octanol–water partition coefficient (Wildman–Crippen LogP) is 3.36. The van der Waals surface area contributed by atoms with Gasteiger partial charge < -0.3 is 4.98 Å². The van der Waals surface area contributed by atoms with E-state index in [-0.39, 0.29) is 18.2 Å². The van der Waals surface area contributed by atoms with Crippen LogP contribution < -0.4 is 10.9 Å². The van der Waals surface area contributed by atoms with E-state index >= 15 is 0 Å². The number of aromatic amines is 1. The van der Waals surface area contributed by atoms with Crippen LogP contribution in [0.4, 0.5) is 0 Å². The number of H-pyrrole nitrogens is 1. The van der Waals surface area contributed by atoms with Gasteiger partial charge in [-0.15, -0.1) is 22.7 Å². The highest BCUT2D eigenvalue weighted by molar-refractivity contribution is 7.20. The summed E-state index contributed by atoms with van der Waals surface area (Å²) in [4.78, 5) is 32.9. The Hall–Kier alpha value is -2.97. The third kappa shape index (κ3) is 3.37. The monoisotopic (exact) mass is 382 g/mol. The van der Waals surface area contributed by atoms with Crippen LogP contribution >= 0.6 is 22.7 Å². The zero-order valence-electron chi connectivity index (χ0n) is 13.5. The Morgan fingerprint density at radius 3 is 2.81 bits per heavy atom. The summed E-state index contributed by atoms with van der Waals surface area (Å²) < 4.78 is 0. The lowest BCUT2D eigenvalue weighted by Gasteiger charge is -2.05. The molecule has 0 aliphatic carbocycles. The molecule has 8 heteroatoms. The van der Waals surface area contributed by atoms with Crippen LogP contribution in [0, 0.1) is 0 Å². The zero-order valence-corrected chi connectivity index (χ0v) is 15.1. The third-order valence-electron chi connectivity index (χ3n) is 3.77. The van der Waals surface area contributed by atoms with Crippen LogP contribution in [-0.2, 0) is 11.2 Å². The number of nitrogens with one attached hydrogen (secondary N) is 3. The van der Waals surface area contributed by atoms with Crippen molar-refractivity contribution in [2.24, 2.45) is 0 Å². The number of fused-ring (bicyclic) bond motifs is 1. The van der Waals surface area contributed by atoms with Crippen LogP contribution in [0.25, 0.3) is 20.8 Å². The molecule has 3 aromatic heterocycles. The maximum absolute atomic E-state index is 12.3. The highest BCUT2D eigenvalue weighted by Crippen LogP contribution is 2.27. The summed E-state index contributed by atoms with van der Waals surface area (Å²) in [6.07, 6.45) is 1.73. The number of nitrogens with zero attached hydrogens (tertiary/aromatic N) is 1. The molecular formula is C18H14N4O2S2. The van der Waals surface area contributed by atoms with E-state index in [1.54, 1.807) is 17.5 Å². The minimum atomic E-state index is -0.367. The topological polar surface area (TPSA) is 86.9 Å². The second-order valence-electron chi connectivity index (χ2n) is 5.55. The van der Waals surface area contributed by atoms with Crippen molar-refractivity contribution in [3.63, 3.8) is 0 Å². The molecule has 0 atom stereocenters. The number of rotatable bonds is 4. The lowest BCUT2D eigenvalue weighted by molar-refractivity contribution is -0.121. The van der Waals surface area contributed by atoms with E-state index < -0.39 is 0 Å². The highest BCUT2D eigenvalue weighted by Gasteiger charge is 2.14. The van der Waals surface area contributed by atoms with E-state index in [0.717, 1.165) is 20.8 Å². The van der Waals surface area contributed by atoms with Gasteiger partial charge in [0.05, 0.1) is 22.6 Å². The van der Waals surface area contributed by atoms with Crippen molar-refractivity contribution >= 4 is 45.4 Å². The molecule has 0 bridgehead atoms. The average molecular weight is 382 g/mol. The van der Waals surface area contributed by atoms with Gasteiger partial charge in [-0.2, -0.15) is 0 Å². The van der Waals surface area contributed by atoms with Gasteiger partial charge in [-0.05, 0) is 17.5 Å². The number of thiophene rings is 1. The molecule has 0 saturated heterocycles. The molecule has 26 heavy (non-hydrogen) atoms. The van der Waals surface area contributed by atoms with Gasteiger partial charge in [0, 0.05) is 22.5 Å². The van der Waals surface area contributed by atoms with Crippen LogP contribution in [0.5, 0.6) is 0 Å². The molecule has 3 N–H and O–H groups in total. The smallest absolute Gasteiger partial charge is 0.271 e. The molecule has 4 aromatic rings. The molecule has 0 aliphatic heterocycles. The molecule has 0 unspecified atom stereocenters. The Morgan fingerprint density at radius 2 is 1.96 bits per heavy atom. The number of para-hydroxylation sites is 1. The first kappa shape index (κ1) is 16.5. The SMILES string of the molecule is O=C(Cc1csc(-c2cccs2)n1)NNC(=O)c1c[nH]c2ccccc12. The first-order valence-corrected chi connectivity index (χ1v) is 9.60. The first-order valence-electron chi connectivity index (χ1n) is 7.84. The summed E-state index contributed by atoms with van der Waals surface area (Å²) in [7, 11) is 0. The van der Waals surface area contributed by atoms with Crippen LogP contribution in [0.2, 0.25) is 0 Å². The summed E-state index contributed by atoms with van der Waals surface area (Å²) in [6, 6.07) is 11.4. The van der Waals surface area contributed by atoms with E-state index in [1.807, 2.05) is 47.2 Å². The Bertz CT molecular complexity index is 1070. The van der Waals surface area contributed by atoms with Crippen molar-refractivity contribution in [1.82, 2.24) is 20.8 Å². The van der Waals surface area contributed by atoms with Gasteiger partial charge in [0.15, 0.2) is 0 Å².